The van der Waals surface area contributed by atoms with Crippen molar-refractivity contribution in [3.8, 4) is 0 Å². The molecule has 0 aromatic carbocycles. The molecule has 0 saturated carbocycles. The number of nitrogens with two attached hydrogens (primary N) is 1. The largest absolute Gasteiger partial charge is 0.341 e. The fourth-order valence-corrected chi connectivity index (χ4v) is 1.39. The summed E-state index contributed by atoms with van der Waals surface area (Å²) in [6.07, 6.45) is 0. The van der Waals surface area contributed by atoms with E-state index in [0.29, 0.717) is 13.1 Å². The summed E-state index contributed by atoms with van der Waals surface area (Å²) in [6, 6.07) is 0. The first kappa shape index (κ1) is 12.7. The molecule has 1 unspecified atom stereocenters. The lowest BCUT2D eigenvalue weighted by Crippen LogP contribution is -2.42. The predicted octanol–water partition coefficient (Wildman–Crippen LogP) is -0.292. The van der Waals surface area contributed by atoms with Crippen LogP contribution in [-0.2, 0) is 14.8 Å². The lowest BCUT2D eigenvalue weighted by Gasteiger charge is -2.20. The Hall–Kier alpha value is -0.330. The first-order valence-electron chi connectivity index (χ1n) is 3.79. The molecule has 0 fully saturated rings. The molecule has 0 spiro atoms. The standard InChI is InChI=1S/C6H13ClN2O3S/c1-3-9(4-2)6(10)5(7)13(8,11)12/h5H,3-4H2,1-2H3,(H2,8,11,12). The molecule has 78 valence electrons. The zero-order valence-corrected chi connectivity index (χ0v) is 9.10. The summed E-state index contributed by atoms with van der Waals surface area (Å²) in [5.74, 6) is -0.672. The SMILES string of the molecule is CCN(CC)C(=O)C(Cl)S(N)(=O)=O. The minimum absolute atomic E-state index is 0.411. The van der Waals surface area contributed by atoms with Crippen molar-refractivity contribution in [2.45, 2.75) is 18.6 Å². The topological polar surface area (TPSA) is 80.5 Å². The van der Waals surface area contributed by atoms with Crippen LogP contribution in [0.25, 0.3) is 0 Å². The minimum Gasteiger partial charge on any atom is -0.341 e. The third-order valence-electron chi connectivity index (χ3n) is 1.56. The highest BCUT2D eigenvalue weighted by molar-refractivity contribution is 7.91. The van der Waals surface area contributed by atoms with Gasteiger partial charge in [-0.2, -0.15) is 0 Å². The highest BCUT2D eigenvalue weighted by Crippen LogP contribution is 2.06. The monoisotopic (exact) mass is 228 g/mol. The van der Waals surface area contributed by atoms with E-state index in [2.05, 4.69) is 0 Å². The van der Waals surface area contributed by atoms with Gasteiger partial charge in [0.15, 0.2) is 0 Å². The van der Waals surface area contributed by atoms with Crippen molar-refractivity contribution < 1.29 is 13.2 Å². The highest BCUT2D eigenvalue weighted by Gasteiger charge is 2.29. The Kier molecular flexibility index (Phi) is 4.66. The van der Waals surface area contributed by atoms with E-state index in [1.165, 1.54) is 4.90 Å². The maximum absolute atomic E-state index is 11.3. The Morgan fingerprint density at radius 2 is 1.85 bits per heavy atom. The van der Waals surface area contributed by atoms with E-state index in [1.54, 1.807) is 13.8 Å². The Labute approximate surface area is 82.9 Å². The molecular weight excluding hydrogens is 216 g/mol. The van der Waals surface area contributed by atoms with Crippen molar-refractivity contribution in [3.05, 3.63) is 0 Å². The summed E-state index contributed by atoms with van der Waals surface area (Å²) in [4.78, 5) is 12.6. The quantitative estimate of drug-likeness (QED) is 0.672. The van der Waals surface area contributed by atoms with Gasteiger partial charge < -0.3 is 4.90 Å². The Balaban J connectivity index is 4.60. The van der Waals surface area contributed by atoms with Crippen molar-refractivity contribution in [2.75, 3.05) is 13.1 Å². The molecule has 0 aliphatic carbocycles. The summed E-state index contributed by atoms with van der Waals surface area (Å²) < 4.78 is 19.7. The van der Waals surface area contributed by atoms with Gasteiger partial charge in [0, 0.05) is 13.1 Å². The average Bonchev–Trinajstić information content (AvgIpc) is 2.03. The van der Waals surface area contributed by atoms with Crippen LogP contribution >= 0.6 is 11.6 Å². The zero-order valence-electron chi connectivity index (χ0n) is 7.53. The van der Waals surface area contributed by atoms with Crippen LogP contribution in [0.2, 0.25) is 0 Å². The van der Waals surface area contributed by atoms with Crippen LogP contribution in [0.5, 0.6) is 0 Å². The number of alkyl halides is 1. The van der Waals surface area contributed by atoms with Crippen LogP contribution in [0.4, 0.5) is 0 Å². The van der Waals surface area contributed by atoms with Crippen molar-refractivity contribution in [2.24, 2.45) is 5.14 Å². The van der Waals surface area contributed by atoms with Crippen LogP contribution in [0.3, 0.4) is 0 Å². The van der Waals surface area contributed by atoms with E-state index in [-0.39, 0.29) is 0 Å². The first-order chi connectivity index (χ1) is 5.84. The summed E-state index contributed by atoms with van der Waals surface area (Å²) in [5, 5.41) is 4.72. The minimum atomic E-state index is -3.99. The molecule has 0 heterocycles. The van der Waals surface area contributed by atoms with Gasteiger partial charge in [-0.25, -0.2) is 13.6 Å². The number of carbonyl (C=O) groups is 1. The molecule has 0 aromatic rings. The molecule has 0 saturated heterocycles. The fraction of sp³-hybridized carbons (Fsp3) is 0.833. The Morgan fingerprint density at radius 3 is 2.08 bits per heavy atom. The van der Waals surface area contributed by atoms with E-state index in [4.69, 9.17) is 16.7 Å². The van der Waals surface area contributed by atoms with E-state index >= 15 is 0 Å². The van der Waals surface area contributed by atoms with Crippen LogP contribution in [0.15, 0.2) is 0 Å². The van der Waals surface area contributed by atoms with Gasteiger partial charge in [0.2, 0.25) is 14.7 Å². The van der Waals surface area contributed by atoms with Crippen molar-refractivity contribution in [3.63, 3.8) is 0 Å². The van der Waals surface area contributed by atoms with Gasteiger partial charge in [-0.15, -0.1) is 0 Å². The molecule has 13 heavy (non-hydrogen) atoms. The van der Waals surface area contributed by atoms with Gasteiger partial charge in [-0.05, 0) is 13.8 Å². The molecular formula is C6H13ClN2O3S. The van der Waals surface area contributed by atoms with E-state index in [1.807, 2.05) is 0 Å². The Morgan fingerprint density at radius 1 is 1.46 bits per heavy atom. The Bertz CT molecular complexity index is 274. The fourth-order valence-electron chi connectivity index (χ4n) is 0.819. The molecule has 0 rings (SSSR count). The molecule has 5 nitrogen and oxygen atoms in total. The van der Waals surface area contributed by atoms with Crippen molar-refractivity contribution >= 4 is 27.5 Å². The number of carbonyl (C=O) groups excluding carboxylic acids is 1. The van der Waals surface area contributed by atoms with Gasteiger partial charge in [0.25, 0.3) is 5.91 Å². The number of nitrogens with zero attached hydrogens (tertiary/aromatic N) is 1. The number of rotatable bonds is 4. The third kappa shape index (κ3) is 3.50. The van der Waals surface area contributed by atoms with Gasteiger partial charge >= 0.3 is 0 Å². The molecule has 0 aliphatic heterocycles. The molecule has 0 aliphatic rings. The van der Waals surface area contributed by atoms with E-state index in [0.717, 1.165) is 0 Å². The normalized spacial score (nSPS) is 13.8. The average molecular weight is 229 g/mol. The van der Waals surface area contributed by atoms with Gasteiger partial charge in [0.1, 0.15) is 0 Å². The zero-order chi connectivity index (χ0) is 10.6. The summed E-state index contributed by atoms with van der Waals surface area (Å²) in [7, 11) is -3.99. The van der Waals surface area contributed by atoms with Gasteiger partial charge in [0.05, 0.1) is 0 Å². The van der Waals surface area contributed by atoms with Gasteiger partial charge in [-0.3, -0.25) is 4.79 Å². The number of hydrogen-bond donors (Lipinski definition) is 1. The van der Waals surface area contributed by atoms with E-state index in [9.17, 15) is 13.2 Å². The lowest BCUT2D eigenvalue weighted by atomic mass is 10.5. The van der Waals surface area contributed by atoms with Gasteiger partial charge in [-0.1, -0.05) is 11.6 Å². The maximum atomic E-state index is 11.3. The predicted molar refractivity (Wildman–Crippen MR) is 50.7 cm³/mol. The molecule has 1 atom stereocenters. The van der Waals surface area contributed by atoms with Crippen molar-refractivity contribution in [1.29, 1.82) is 0 Å². The second-order valence-corrected chi connectivity index (χ2v) is 4.76. The number of primary sulfonamides is 1. The number of sulfonamides is 1. The van der Waals surface area contributed by atoms with Crippen molar-refractivity contribution in [1.82, 2.24) is 4.90 Å². The second-order valence-electron chi connectivity index (χ2n) is 2.42. The summed E-state index contributed by atoms with van der Waals surface area (Å²) in [5.41, 5.74) is 0. The number of halogens is 1. The maximum Gasteiger partial charge on any atom is 0.257 e. The lowest BCUT2D eigenvalue weighted by molar-refractivity contribution is -0.128. The molecule has 0 aromatic heterocycles. The molecule has 0 radical (unpaired) electrons. The van der Waals surface area contributed by atoms with Crippen LogP contribution in [-0.4, -0.2) is 37.0 Å². The molecule has 0 bridgehead atoms. The van der Waals surface area contributed by atoms with Crippen LogP contribution < -0.4 is 5.14 Å². The highest BCUT2D eigenvalue weighted by atomic mass is 35.5. The van der Waals surface area contributed by atoms with E-state index < -0.39 is 20.6 Å². The second kappa shape index (κ2) is 4.78. The summed E-state index contributed by atoms with van der Waals surface area (Å²) in [6.45, 7) is 4.28. The molecule has 2 N–H and O–H groups in total. The number of hydrogen-bond acceptors (Lipinski definition) is 3. The molecule has 1 amide bonds. The van der Waals surface area contributed by atoms with Crippen LogP contribution in [0, 0.1) is 0 Å². The smallest absolute Gasteiger partial charge is 0.257 e. The third-order valence-corrected chi connectivity index (χ3v) is 3.27. The number of amides is 1. The molecule has 7 heteroatoms. The van der Waals surface area contributed by atoms with Crippen LogP contribution in [0.1, 0.15) is 13.8 Å². The first-order valence-corrected chi connectivity index (χ1v) is 5.83. The summed E-state index contributed by atoms with van der Waals surface area (Å²) >= 11 is 5.36.